The third-order valence-corrected chi connectivity index (χ3v) is 5.43. The first kappa shape index (κ1) is 16.0. The SMILES string of the molecule is Cc1c(C(=O)NCc2ccco2)sc2ncnc(N3CCOCC3)c12. The molecule has 4 heterocycles. The molecule has 0 radical (unpaired) electrons. The fraction of sp³-hybridized carbons (Fsp3) is 0.353. The van der Waals surface area contributed by atoms with E-state index in [1.807, 2.05) is 13.0 Å². The van der Waals surface area contributed by atoms with Crippen molar-refractivity contribution in [3.63, 3.8) is 0 Å². The lowest BCUT2D eigenvalue weighted by Crippen LogP contribution is -2.36. The number of furan rings is 1. The lowest BCUT2D eigenvalue weighted by molar-refractivity contribution is 0.0951. The van der Waals surface area contributed by atoms with Crippen molar-refractivity contribution in [2.45, 2.75) is 13.5 Å². The van der Waals surface area contributed by atoms with Gasteiger partial charge in [-0.2, -0.15) is 0 Å². The molecule has 0 unspecified atom stereocenters. The number of aryl methyl sites for hydroxylation is 1. The number of amides is 1. The Balaban J connectivity index is 1.64. The van der Waals surface area contributed by atoms with Crippen LogP contribution in [0.4, 0.5) is 5.82 Å². The molecule has 0 aliphatic carbocycles. The molecule has 8 heteroatoms. The van der Waals surface area contributed by atoms with Gasteiger partial charge in [-0.05, 0) is 24.6 Å². The molecule has 1 aliphatic rings. The van der Waals surface area contributed by atoms with Crippen molar-refractivity contribution in [1.82, 2.24) is 15.3 Å². The van der Waals surface area contributed by atoms with Gasteiger partial charge in [0.15, 0.2) is 0 Å². The van der Waals surface area contributed by atoms with E-state index in [-0.39, 0.29) is 5.91 Å². The van der Waals surface area contributed by atoms with Crippen LogP contribution >= 0.6 is 11.3 Å². The smallest absolute Gasteiger partial charge is 0.262 e. The van der Waals surface area contributed by atoms with Crippen LogP contribution in [0.15, 0.2) is 29.1 Å². The van der Waals surface area contributed by atoms with Crippen molar-refractivity contribution in [3.8, 4) is 0 Å². The lowest BCUT2D eigenvalue weighted by Gasteiger charge is -2.28. The van der Waals surface area contributed by atoms with E-state index < -0.39 is 0 Å². The standard InChI is InChI=1S/C17H18N4O3S/c1-11-13-15(21-4-7-23-8-5-21)19-10-20-17(13)25-14(11)16(22)18-9-12-3-2-6-24-12/h2-3,6,10H,4-5,7-9H2,1H3,(H,18,22). The van der Waals surface area contributed by atoms with Crippen LogP contribution in [-0.4, -0.2) is 42.2 Å². The number of nitrogens with zero attached hydrogens (tertiary/aromatic N) is 3. The van der Waals surface area contributed by atoms with E-state index in [9.17, 15) is 4.79 Å². The van der Waals surface area contributed by atoms with Gasteiger partial charge in [0.05, 0.1) is 36.3 Å². The molecule has 4 rings (SSSR count). The number of aromatic nitrogens is 2. The summed E-state index contributed by atoms with van der Waals surface area (Å²) in [5, 5.41) is 3.85. The number of carbonyl (C=O) groups is 1. The molecule has 1 saturated heterocycles. The summed E-state index contributed by atoms with van der Waals surface area (Å²) in [6.07, 6.45) is 3.16. The summed E-state index contributed by atoms with van der Waals surface area (Å²) in [4.78, 5) is 25.1. The van der Waals surface area contributed by atoms with Crippen molar-refractivity contribution >= 4 is 33.3 Å². The Hall–Kier alpha value is -2.45. The Morgan fingerprint density at radius 2 is 2.20 bits per heavy atom. The van der Waals surface area contributed by atoms with Crippen LogP contribution in [0.3, 0.4) is 0 Å². The molecular formula is C17H18N4O3S. The number of fused-ring (bicyclic) bond motifs is 1. The number of anilines is 1. The Bertz CT molecular complexity index is 885. The van der Waals surface area contributed by atoms with Gasteiger partial charge in [-0.25, -0.2) is 9.97 Å². The van der Waals surface area contributed by atoms with Crippen molar-refractivity contribution in [1.29, 1.82) is 0 Å². The minimum Gasteiger partial charge on any atom is -0.467 e. The number of carbonyl (C=O) groups excluding carboxylic acids is 1. The maximum absolute atomic E-state index is 12.6. The number of morpholine rings is 1. The number of nitrogens with one attached hydrogen (secondary N) is 1. The molecule has 1 aliphatic heterocycles. The third-order valence-electron chi connectivity index (χ3n) is 4.23. The first-order valence-corrected chi connectivity index (χ1v) is 8.93. The Morgan fingerprint density at radius 1 is 1.36 bits per heavy atom. The van der Waals surface area contributed by atoms with Crippen molar-refractivity contribution in [3.05, 3.63) is 40.9 Å². The van der Waals surface area contributed by atoms with Gasteiger partial charge in [0.1, 0.15) is 22.7 Å². The second kappa shape index (κ2) is 6.81. The molecule has 1 N–H and O–H groups in total. The number of ether oxygens (including phenoxy) is 1. The zero-order chi connectivity index (χ0) is 17.2. The van der Waals surface area contributed by atoms with Crippen LogP contribution in [0, 0.1) is 6.92 Å². The molecule has 1 amide bonds. The number of rotatable bonds is 4. The fourth-order valence-corrected chi connectivity index (χ4v) is 4.01. The molecule has 0 atom stereocenters. The normalized spacial score (nSPS) is 14.8. The Morgan fingerprint density at radius 3 is 2.96 bits per heavy atom. The third kappa shape index (κ3) is 3.10. The predicted molar refractivity (Wildman–Crippen MR) is 95.1 cm³/mol. The summed E-state index contributed by atoms with van der Waals surface area (Å²) in [5.41, 5.74) is 0.916. The summed E-state index contributed by atoms with van der Waals surface area (Å²) in [7, 11) is 0. The van der Waals surface area contributed by atoms with Gasteiger partial charge in [-0.3, -0.25) is 4.79 Å². The van der Waals surface area contributed by atoms with E-state index in [1.165, 1.54) is 11.3 Å². The molecule has 0 bridgehead atoms. The van der Waals surface area contributed by atoms with Crippen LogP contribution in [0.5, 0.6) is 0 Å². The molecule has 25 heavy (non-hydrogen) atoms. The number of hydrogen-bond acceptors (Lipinski definition) is 7. The van der Waals surface area contributed by atoms with Crippen molar-refractivity contribution in [2.75, 3.05) is 31.2 Å². The monoisotopic (exact) mass is 358 g/mol. The highest BCUT2D eigenvalue weighted by atomic mass is 32.1. The summed E-state index contributed by atoms with van der Waals surface area (Å²) >= 11 is 1.40. The first-order chi connectivity index (χ1) is 12.2. The minimum atomic E-state index is -0.121. The van der Waals surface area contributed by atoms with E-state index in [0.717, 1.165) is 40.4 Å². The Labute approximate surface area is 148 Å². The second-order valence-electron chi connectivity index (χ2n) is 5.80. The highest BCUT2D eigenvalue weighted by Gasteiger charge is 2.22. The molecule has 0 aromatic carbocycles. The minimum absolute atomic E-state index is 0.121. The van der Waals surface area contributed by atoms with E-state index in [4.69, 9.17) is 9.15 Å². The van der Waals surface area contributed by atoms with E-state index in [1.54, 1.807) is 18.7 Å². The molecule has 3 aromatic heterocycles. The van der Waals surface area contributed by atoms with Crippen molar-refractivity contribution in [2.24, 2.45) is 0 Å². The molecule has 7 nitrogen and oxygen atoms in total. The van der Waals surface area contributed by atoms with E-state index >= 15 is 0 Å². The van der Waals surface area contributed by atoms with E-state index in [2.05, 4.69) is 20.2 Å². The van der Waals surface area contributed by atoms with Crippen LogP contribution in [0.1, 0.15) is 21.0 Å². The van der Waals surface area contributed by atoms with Gasteiger partial charge >= 0.3 is 0 Å². The van der Waals surface area contributed by atoms with Gasteiger partial charge in [-0.15, -0.1) is 11.3 Å². The van der Waals surface area contributed by atoms with Gasteiger partial charge in [0.2, 0.25) is 0 Å². The molecule has 0 saturated carbocycles. The predicted octanol–water partition coefficient (Wildman–Crippen LogP) is 2.36. The van der Waals surface area contributed by atoms with Crippen LogP contribution < -0.4 is 10.2 Å². The second-order valence-corrected chi connectivity index (χ2v) is 6.79. The lowest BCUT2D eigenvalue weighted by atomic mass is 10.2. The van der Waals surface area contributed by atoms with Gasteiger partial charge < -0.3 is 19.4 Å². The zero-order valence-corrected chi connectivity index (χ0v) is 14.6. The van der Waals surface area contributed by atoms with Crippen molar-refractivity contribution < 1.29 is 13.9 Å². The molecule has 1 fully saturated rings. The Kier molecular flexibility index (Phi) is 4.37. The number of thiophene rings is 1. The first-order valence-electron chi connectivity index (χ1n) is 8.11. The highest BCUT2D eigenvalue weighted by molar-refractivity contribution is 7.20. The van der Waals surface area contributed by atoms with E-state index in [0.29, 0.717) is 24.6 Å². The number of hydrogen-bond donors (Lipinski definition) is 1. The summed E-state index contributed by atoms with van der Waals surface area (Å²) < 4.78 is 10.7. The average Bonchev–Trinajstić information content (AvgIpc) is 3.28. The molecule has 130 valence electrons. The quantitative estimate of drug-likeness (QED) is 0.771. The van der Waals surface area contributed by atoms with Gasteiger partial charge in [-0.1, -0.05) is 0 Å². The maximum atomic E-state index is 12.6. The molecule has 0 spiro atoms. The zero-order valence-electron chi connectivity index (χ0n) is 13.8. The summed E-state index contributed by atoms with van der Waals surface area (Å²) in [6, 6.07) is 3.64. The topological polar surface area (TPSA) is 80.5 Å². The van der Waals surface area contributed by atoms with Gasteiger partial charge in [0.25, 0.3) is 5.91 Å². The summed E-state index contributed by atoms with van der Waals surface area (Å²) in [5.74, 6) is 1.48. The summed E-state index contributed by atoms with van der Waals surface area (Å²) in [6.45, 7) is 5.27. The highest BCUT2D eigenvalue weighted by Crippen LogP contribution is 2.35. The van der Waals surface area contributed by atoms with Gasteiger partial charge in [0, 0.05) is 13.1 Å². The maximum Gasteiger partial charge on any atom is 0.262 e. The average molecular weight is 358 g/mol. The van der Waals surface area contributed by atoms with Crippen LogP contribution in [-0.2, 0) is 11.3 Å². The van der Waals surface area contributed by atoms with Crippen LogP contribution in [0.25, 0.3) is 10.2 Å². The largest absolute Gasteiger partial charge is 0.467 e. The molecular weight excluding hydrogens is 340 g/mol. The van der Waals surface area contributed by atoms with Crippen LogP contribution in [0.2, 0.25) is 0 Å². The molecule has 3 aromatic rings. The fourth-order valence-electron chi connectivity index (χ4n) is 2.95.